The van der Waals surface area contributed by atoms with Gasteiger partial charge in [0.15, 0.2) is 0 Å². The predicted octanol–water partition coefficient (Wildman–Crippen LogP) is 2.90. The van der Waals surface area contributed by atoms with Crippen molar-refractivity contribution in [1.29, 1.82) is 0 Å². The van der Waals surface area contributed by atoms with Crippen molar-refractivity contribution in [2.45, 2.75) is 25.7 Å². The highest BCUT2D eigenvalue weighted by Crippen LogP contribution is 2.31. The third-order valence-electron chi connectivity index (χ3n) is 4.37. The fraction of sp³-hybridized carbons (Fsp3) is 0.625. The topological polar surface area (TPSA) is 38.5 Å². The summed E-state index contributed by atoms with van der Waals surface area (Å²) in [6.45, 7) is 1.92. The summed E-state index contributed by atoms with van der Waals surface area (Å²) < 4.78 is 5.29. The molecule has 0 aliphatic heterocycles. The van der Waals surface area contributed by atoms with Crippen molar-refractivity contribution in [1.82, 2.24) is 0 Å². The highest BCUT2D eigenvalue weighted by molar-refractivity contribution is 5.50. The minimum Gasteiger partial charge on any atom is -0.497 e. The van der Waals surface area contributed by atoms with Crippen LogP contribution in [0.1, 0.15) is 25.7 Å². The second-order valence-corrected chi connectivity index (χ2v) is 5.62. The fourth-order valence-electron chi connectivity index (χ4n) is 3.14. The molecule has 0 spiro atoms. The van der Waals surface area contributed by atoms with E-state index in [-0.39, 0.29) is 0 Å². The second kappa shape index (κ2) is 6.80. The third-order valence-corrected chi connectivity index (χ3v) is 4.37. The molecule has 0 saturated heterocycles. The number of anilines is 1. The van der Waals surface area contributed by atoms with Gasteiger partial charge in [-0.15, -0.1) is 0 Å². The van der Waals surface area contributed by atoms with Crippen molar-refractivity contribution in [2.75, 3.05) is 32.1 Å². The van der Waals surface area contributed by atoms with E-state index in [1.165, 1.54) is 31.4 Å². The van der Waals surface area contributed by atoms with Crippen LogP contribution in [0.25, 0.3) is 0 Å². The Labute approximate surface area is 116 Å². The zero-order valence-corrected chi connectivity index (χ0v) is 12.1. The maximum atomic E-state index is 5.92. The van der Waals surface area contributed by atoms with E-state index in [4.69, 9.17) is 10.5 Å². The normalized spacial score (nSPS) is 23.1. The predicted molar refractivity (Wildman–Crippen MR) is 80.8 cm³/mol. The average molecular weight is 262 g/mol. The zero-order valence-electron chi connectivity index (χ0n) is 12.1. The molecular weight excluding hydrogens is 236 g/mol. The van der Waals surface area contributed by atoms with Gasteiger partial charge in [0.2, 0.25) is 0 Å². The number of hydrogen-bond donors (Lipinski definition) is 1. The summed E-state index contributed by atoms with van der Waals surface area (Å²) in [6.07, 6.45) is 5.32. The Morgan fingerprint density at radius 2 is 2.00 bits per heavy atom. The summed E-state index contributed by atoms with van der Waals surface area (Å²) in [6, 6.07) is 8.27. The first kappa shape index (κ1) is 14.2. The molecule has 2 N–H and O–H groups in total. The molecule has 1 aliphatic carbocycles. The molecule has 0 heterocycles. The first-order valence-corrected chi connectivity index (χ1v) is 7.30. The summed E-state index contributed by atoms with van der Waals surface area (Å²) in [5.74, 6) is 2.35. The first-order chi connectivity index (χ1) is 9.24. The largest absolute Gasteiger partial charge is 0.497 e. The van der Waals surface area contributed by atoms with Crippen LogP contribution in [0.2, 0.25) is 0 Å². The summed E-state index contributed by atoms with van der Waals surface area (Å²) in [5.41, 5.74) is 7.14. The smallest absolute Gasteiger partial charge is 0.120 e. The minimum absolute atomic E-state index is 0.696. The van der Waals surface area contributed by atoms with E-state index in [1.54, 1.807) is 7.11 Å². The van der Waals surface area contributed by atoms with E-state index in [1.807, 2.05) is 12.1 Å². The lowest BCUT2D eigenvalue weighted by Crippen LogP contribution is -2.35. The summed E-state index contributed by atoms with van der Waals surface area (Å²) in [4.78, 5) is 2.33. The number of rotatable bonds is 5. The van der Waals surface area contributed by atoms with Gasteiger partial charge >= 0.3 is 0 Å². The number of hydrogen-bond acceptors (Lipinski definition) is 3. The van der Waals surface area contributed by atoms with E-state index >= 15 is 0 Å². The van der Waals surface area contributed by atoms with Gasteiger partial charge < -0.3 is 15.4 Å². The Morgan fingerprint density at radius 3 is 2.68 bits per heavy atom. The van der Waals surface area contributed by atoms with Crippen molar-refractivity contribution in [3.8, 4) is 5.75 Å². The molecule has 1 fully saturated rings. The van der Waals surface area contributed by atoms with Crippen LogP contribution < -0.4 is 15.4 Å². The van der Waals surface area contributed by atoms with Gasteiger partial charge in [-0.3, -0.25) is 0 Å². The molecule has 0 aromatic heterocycles. The molecule has 3 nitrogen and oxygen atoms in total. The van der Waals surface area contributed by atoms with Crippen LogP contribution in [-0.2, 0) is 0 Å². The van der Waals surface area contributed by atoms with E-state index in [0.29, 0.717) is 5.92 Å². The van der Waals surface area contributed by atoms with Gasteiger partial charge in [-0.05, 0) is 43.4 Å². The fourth-order valence-corrected chi connectivity index (χ4v) is 3.14. The van der Waals surface area contributed by atoms with Crippen LogP contribution in [0.3, 0.4) is 0 Å². The Morgan fingerprint density at radius 1 is 1.26 bits per heavy atom. The van der Waals surface area contributed by atoms with Gasteiger partial charge in [0.1, 0.15) is 5.75 Å². The number of ether oxygens (including phenoxy) is 1. The molecule has 3 heteroatoms. The molecule has 2 unspecified atom stereocenters. The molecule has 106 valence electrons. The average Bonchev–Trinajstić information content (AvgIpc) is 2.47. The number of methoxy groups -OCH3 is 1. The lowest BCUT2D eigenvalue weighted by Gasteiger charge is -2.34. The monoisotopic (exact) mass is 262 g/mol. The van der Waals surface area contributed by atoms with Crippen molar-refractivity contribution in [3.63, 3.8) is 0 Å². The van der Waals surface area contributed by atoms with Crippen molar-refractivity contribution >= 4 is 5.69 Å². The summed E-state index contributed by atoms with van der Waals surface area (Å²) >= 11 is 0. The Hall–Kier alpha value is -1.22. The lowest BCUT2D eigenvalue weighted by molar-refractivity contribution is 0.248. The number of nitrogens with two attached hydrogens (primary N) is 1. The first-order valence-electron chi connectivity index (χ1n) is 7.30. The van der Waals surface area contributed by atoms with E-state index < -0.39 is 0 Å². The van der Waals surface area contributed by atoms with Crippen molar-refractivity contribution < 1.29 is 4.74 Å². The van der Waals surface area contributed by atoms with Crippen molar-refractivity contribution in [3.05, 3.63) is 24.3 Å². The zero-order chi connectivity index (χ0) is 13.7. The SMILES string of the molecule is COc1cccc(N(C)CC2CCCCC2CN)c1. The third kappa shape index (κ3) is 3.63. The van der Waals surface area contributed by atoms with Crippen LogP contribution in [0.4, 0.5) is 5.69 Å². The molecule has 2 rings (SSSR count). The van der Waals surface area contributed by atoms with Gasteiger partial charge in [-0.1, -0.05) is 18.9 Å². The Balaban J connectivity index is 2.00. The van der Waals surface area contributed by atoms with Crippen molar-refractivity contribution in [2.24, 2.45) is 17.6 Å². The molecule has 0 radical (unpaired) electrons. The maximum absolute atomic E-state index is 5.92. The van der Waals surface area contributed by atoms with Gasteiger partial charge in [0.05, 0.1) is 7.11 Å². The van der Waals surface area contributed by atoms with Crippen LogP contribution in [0.5, 0.6) is 5.75 Å². The molecule has 0 amide bonds. The second-order valence-electron chi connectivity index (χ2n) is 5.62. The van der Waals surface area contributed by atoms with Crippen LogP contribution in [0.15, 0.2) is 24.3 Å². The standard InChI is InChI=1S/C16H26N2O/c1-18(15-8-5-9-16(10-15)19-2)12-14-7-4-3-6-13(14)11-17/h5,8-10,13-14H,3-4,6-7,11-12,17H2,1-2H3. The highest BCUT2D eigenvalue weighted by Gasteiger charge is 2.25. The number of nitrogens with zero attached hydrogens (tertiary/aromatic N) is 1. The van der Waals surface area contributed by atoms with Gasteiger partial charge in [0, 0.05) is 25.3 Å². The number of benzene rings is 1. The van der Waals surface area contributed by atoms with Crippen LogP contribution in [0, 0.1) is 11.8 Å². The Bertz CT molecular complexity index is 394. The Kier molecular flexibility index (Phi) is 5.08. The molecule has 1 saturated carbocycles. The molecule has 1 aliphatic rings. The molecule has 19 heavy (non-hydrogen) atoms. The molecule has 0 bridgehead atoms. The van der Waals surface area contributed by atoms with Gasteiger partial charge in [-0.2, -0.15) is 0 Å². The van der Waals surface area contributed by atoms with Gasteiger partial charge in [0.25, 0.3) is 0 Å². The van der Waals surface area contributed by atoms with Crippen LogP contribution in [-0.4, -0.2) is 27.2 Å². The van der Waals surface area contributed by atoms with Gasteiger partial charge in [-0.25, -0.2) is 0 Å². The highest BCUT2D eigenvalue weighted by atomic mass is 16.5. The summed E-state index contributed by atoms with van der Waals surface area (Å²) in [5, 5.41) is 0. The van der Waals surface area contributed by atoms with E-state index in [0.717, 1.165) is 24.8 Å². The molecule has 1 aromatic rings. The molecule has 1 aromatic carbocycles. The van der Waals surface area contributed by atoms with E-state index in [9.17, 15) is 0 Å². The quantitative estimate of drug-likeness (QED) is 0.886. The molecular formula is C16H26N2O. The van der Waals surface area contributed by atoms with E-state index in [2.05, 4.69) is 24.1 Å². The maximum Gasteiger partial charge on any atom is 0.120 e. The molecule has 2 atom stereocenters. The summed E-state index contributed by atoms with van der Waals surface area (Å²) in [7, 11) is 3.88. The van der Waals surface area contributed by atoms with Crippen LogP contribution >= 0.6 is 0 Å². The minimum atomic E-state index is 0.696. The lowest BCUT2D eigenvalue weighted by atomic mass is 9.79.